The molecule has 0 atom stereocenters. The first kappa shape index (κ1) is 16.7. The van der Waals surface area contributed by atoms with Gasteiger partial charge in [0.15, 0.2) is 11.5 Å². The fourth-order valence-electron chi connectivity index (χ4n) is 3.21. The second-order valence-electron chi connectivity index (χ2n) is 6.25. The summed E-state index contributed by atoms with van der Waals surface area (Å²) in [6.07, 6.45) is 6.56. The summed E-state index contributed by atoms with van der Waals surface area (Å²) in [6.45, 7) is 1.99. The predicted octanol–water partition coefficient (Wildman–Crippen LogP) is 1.93. The maximum atomic E-state index is 12.4. The van der Waals surface area contributed by atoms with Crippen molar-refractivity contribution >= 4 is 34.5 Å². The number of nitrogens with one attached hydrogen (secondary N) is 2. The molecule has 1 aliphatic heterocycles. The number of hydrogen-bond donors (Lipinski definition) is 2. The molecule has 3 aromatic rings. The number of piperidine rings is 1. The van der Waals surface area contributed by atoms with Crippen molar-refractivity contribution in [3.05, 3.63) is 41.7 Å². The molecule has 0 unspecified atom stereocenters. The minimum atomic E-state index is 0.00246. The molecule has 0 bridgehead atoms. The van der Waals surface area contributed by atoms with Crippen molar-refractivity contribution < 1.29 is 4.79 Å². The number of anilines is 1. The van der Waals surface area contributed by atoms with Gasteiger partial charge in [0, 0.05) is 37.9 Å². The third-order valence-electron chi connectivity index (χ3n) is 4.62. The molecule has 1 aliphatic rings. The molecule has 26 heavy (non-hydrogen) atoms. The van der Waals surface area contributed by atoms with E-state index in [0.717, 1.165) is 42.8 Å². The Labute approximate surface area is 155 Å². The van der Waals surface area contributed by atoms with Gasteiger partial charge in [0.2, 0.25) is 11.2 Å². The molecule has 2 N–H and O–H groups in total. The number of pyridine rings is 1. The predicted molar refractivity (Wildman–Crippen MR) is 97.7 cm³/mol. The summed E-state index contributed by atoms with van der Waals surface area (Å²) in [7, 11) is 0. The van der Waals surface area contributed by atoms with Crippen LogP contribution in [0.2, 0.25) is 5.28 Å². The molecule has 0 saturated carbocycles. The van der Waals surface area contributed by atoms with Gasteiger partial charge in [-0.1, -0.05) is 0 Å². The molecule has 8 nitrogen and oxygen atoms in total. The molecular weight excluding hydrogens is 354 g/mol. The molecule has 4 rings (SSSR count). The van der Waals surface area contributed by atoms with E-state index in [1.54, 1.807) is 18.7 Å². The molecule has 0 spiro atoms. The van der Waals surface area contributed by atoms with E-state index in [9.17, 15) is 4.79 Å². The lowest BCUT2D eigenvalue weighted by Gasteiger charge is -2.32. The third kappa shape index (κ3) is 3.45. The summed E-state index contributed by atoms with van der Waals surface area (Å²) in [6, 6.07) is 3.80. The fraction of sp³-hybridized carbons (Fsp3) is 0.353. The molecule has 4 heterocycles. The van der Waals surface area contributed by atoms with Crippen LogP contribution in [0.3, 0.4) is 0 Å². The zero-order chi connectivity index (χ0) is 17.9. The number of fused-ring (bicyclic) bond motifs is 1. The van der Waals surface area contributed by atoms with E-state index in [2.05, 4.69) is 35.1 Å². The number of hydrogen-bond acceptors (Lipinski definition) is 6. The second-order valence-corrected chi connectivity index (χ2v) is 6.59. The highest BCUT2D eigenvalue weighted by Crippen LogP contribution is 2.27. The first-order chi connectivity index (χ1) is 12.7. The van der Waals surface area contributed by atoms with Crippen LogP contribution in [0, 0.1) is 5.92 Å². The van der Waals surface area contributed by atoms with Crippen LogP contribution in [0.5, 0.6) is 0 Å². The lowest BCUT2D eigenvalue weighted by Crippen LogP contribution is -2.40. The quantitative estimate of drug-likeness (QED) is 0.680. The van der Waals surface area contributed by atoms with Gasteiger partial charge >= 0.3 is 0 Å². The maximum Gasteiger partial charge on any atom is 0.226 e. The molecule has 1 amide bonds. The summed E-state index contributed by atoms with van der Waals surface area (Å²) in [4.78, 5) is 34.2. The number of nitrogens with zero attached hydrogens (tertiary/aromatic N) is 5. The largest absolute Gasteiger partial charge is 0.355 e. The van der Waals surface area contributed by atoms with Crippen molar-refractivity contribution in [2.75, 3.05) is 18.0 Å². The van der Waals surface area contributed by atoms with E-state index in [-0.39, 0.29) is 17.1 Å². The molecule has 0 aromatic carbocycles. The van der Waals surface area contributed by atoms with Crippen molar-refractivity contribution in [3.63, 3.8) is 0 Å². The number of aromatic amines is 1. The minimum Gasteiger partial charge on any atom is -0.355 e. The van der Waals surface area contributed by atoms with Gasteiger partial charge < -0.3 is 15.2 Å². The zero-order valence-electron chi connectivity index (χ0n) is 14.0. The van der Waals surface area contributed by atoms with E-state index in [0.29, 0.717) is 12.2 Å². The Bertz CT molecular complexity index is 906. The van der Waals surface area contributed by atoms with E-state index in [1.165, 1.54) is 0 Å². The van der Waals surface area contributed by atoms with Crippen molar-refractivity contribution in [1.82, 2.24) is 30.2 Å². The smallest absolute Gasteiger partial charge is 0.226 e. The lowest BCUT2D eigenvalue weighted by molar-refractivity contribution is -0.125. The first-order valence-corrected chi connectivity index (χ1v) is 8.86. The highest BCUT2D eigenvalue weighted by Gasteiger charge is 2.27. The molecule has 134 valence electrons. The van der Waals surface area contributed by atoms with Crippen LogP contribution in [0.1, 0.15) is 18.4 Å². The summed E-state index contributed by atoms with van der Waals surface area (Å²) in [5, 5.41) is 3.19. The number of amides is 1. The maximum absolute atomic E-state index is 12.4. The van der Waals surface area contributed by atoms with Crippen molar-refractivity contribution in [2.24, 2.45) is 5.92 Å². The number of imidazole rings is 1. The summed E-state index contributed by atoms with van der Waals surface area (Å²) < 4.78 is 0. The van der Waals surface area contributed by atoms with Crippen LogP contribution in [-0.4, -0.2) is 43.9 Å². The Morgan fingerprint density at radius 2 is 2.04 bits per heavy atom. The van der Waals surface area contributed by atoms with Crippen LogP contribution in [0.15, 0.2) is 30.9 Å². The Morgan fingerprint density at radius 1 is 1.27 bits per heavy atom. The van der Waals surface area contributed by atoms with Crippen molar-refractivity contribution in [1.29, 1.82) is 0 Å². The average Bonchev–Trinajstić information content (AvgIpc) is 3.15. The topological polar surface area (TPSA) is 99.7 Å². The van der Waals surface area contributed by atoms with Crippen LogP contribution < -0.4 is 10.2 Å². The minimum absolute atomic E-state index is 0.00246. The zero-order valence-corrected chi connectivity index (χ0v) is 14.8. The summed E-state index contributed by atoms with van der Waals surface area (Å²) >= 11 is 6.01. The molecule has 0 radical (unpaired) electrons. The highest BCUT2D eigenvalue weighted by molar-refractivity contribution is 6.28. The van der Waals surface area contributed by atoms with Crippen LogP contribution in [0.4, 0.5) is 5.82 Å². The highest BCUT2D eigenvalue weighted by atomic mass is 35.5. The Kier molecular flexibility index (Phi) is 4.66. The number of carbonyl (C=O) groups excluding carboxylic acids is 1. The van der Waals surface area contributed by atoms with Crippen LogP contribution >= 0.6 is 11.6 Å². The number of aromatic nitrogens is 5. The van der Waals surface area contributed by atoms with E-state index in [1.807, 2.05) is 12.1 Å². The SMILES string of the molecule is O=C(NCc1ccncc1)C1CCN(c2nc(Cl)nc3nc[nH]c23)CC1. The van der Waals surface area contributed by atoms with E-state index < -0.39 is 0 Å². The van der Waals surface area contributed by atoms with Gasteiger partial charge in [-0.25, -0.2) is 4.98 Å². The van der Waals surface area contributed by atoms with Gasteiger partial charge in [-0.3, -0.25) is 9.78 Å². The first-order valence-electron chi connectivity index (χ1n) is 8.49. The molecule has 0 aliphatic carbocycles. The molecule has 3 aromatic heterocycles. The fourth-order valence-corrected chi connectivity index (χ4v) is 3.37. The number of H-pyrrole nitrogens is 1. The summed E-state index contributed by atoms with van der Waals surface area (Å²) in [5.74, 6) is 0.838. The summed E-state index contributed by atoms with van der Waals surface area (Å²) in [5.41, 5.74) is 2.37. The normalized spacial score (nSPS) is 15.3. The standard InChI is InChI=1S/C17H18ClN7O/c18-17-23-14-13(21-10-22-14)15(24-17)25-7-3-12(4-8-25)16(26)20-9-11-1-5-19-6-2-11/h1-2,5-6,10,12H,3-4,7-9H2,(H,20,26)(H,21,22,23,24). The monoisotopic (exact) mass is 371 g/mol. The number of carbonyl (C=O) groups is 1. The van der Waals surface area contributed by atoms with Gasteiger partial charge in [-0.15, -0.1) is 0 Å². The molecule has 1 saturated heterocycles. The van der Waals surface area contributed by atoms with E-state index in [4.69, 9.17) is 11.6 Å². The molecule has 9 heteroatoms. The van der Waals surface area contributed by atoms with E-state index >= 15 is 0 Å². The Hall–Kier alpha value is -2.74. The third-order valence-corrected chi connectivity index (χ3v) is 4.79. The Morgan fingerprint density at radius 3 is 2.81 bits per heavy atom. The second kappa shape index (κ2) is 7.25. The number of rotatable bonds is 4. The molecular formula is C17H18ClN7O. The Balaban J connectivity index is 1.37. The van der Waals surface area contributed by atoms with Gasteiger partial charge in [0.25, 0.3) is 0 Å². The van der Waals surface area contributed by atoms with Gasteiger partial charge in [-0.2, -0.15) is 9.97 Å². The van der Waals surface area contributed by atoms with Crippen molar-refractivity contribution in [3.8, 4) is 0 Å². The van der Waals surface area contributed by atoms with Gasteiger partial charge in [0.05, 0.1) is 6.33 Å². The van der Waals surface area contributed by atoms with Crippen molar-refractivity contribution in [2.45, 2.75) is 19.4 Å². The van der Waals surface area contributed by atoms with Gasteiger partial charge in [-0.05, 0) is 42.1 Å². The van der Waals surface area contributed by atoms with Crippen LogP contribution in [-0.2, 0) is 11.3 Å². The lowest BCUT2D eigenvalue weighted by atomic mass is 9.96. The average molecular weight is 372 g/mol. The van der Waals surface area contributed by atoms with Gasteiger partial charge in [0.1, 0.15) is 5.52 Å². The number of halogens is 1. The molecule has 1 fully saturated rings. The van der Waals surface area contributed by atoms with Crippen LogP contribution in [0.25, 0.3) is 11.2 Å².